The lowest BCUT2D eigenvalue weighted by atomic mass is 9.83. The van der Waals surface area contributed by atoms with Crippen molar-refractivity contribution in [2.75, 3.05) is 6.61 Å². The minimum absolute atomic E-state index is 0.0855. The van der Waals surface area contributed by atoms with Crippen LogP contribution >= 0.6 is 15.9 Å². The van der Waals surface area contributed by atoms with Crippen molar-refractivity contribution in [1.29, 1.82) is 0 Å². The van der Waals surface area contributed by atoms with Crippen LogP contribution in [0.25, 0.3) is 0 Å². The molecule has 0 saturated heterocycles. The van der Waals surface area contributed by atoms with E-state index in [0.29, 0.717) is 11.2 Å². The molecule has 0 aliphatic carbocycles. The number of pyridine rings is 1. The molecule has 132 valence electrons. The van der Waals surface area contributed by atoms with E-state index in [1.807, 2.05) is 32.9 Å². The summed E-state index contributed by atoms with van der Waals surface area (Å²) in [6, 6.07) is 3.65. The highest BCUT2D eigenvalue weighted by Crippen LogP contribution is 2.31. The summed E-state index contributed by atoms with van der Waals surface area (Å²) in [5, 5.41) is 14.9. The van der Waals surface area contributed by atoms with Gasteiger partial charge >= 0.3 is 0 Å². The Hall–Kier alpha value is -1.47. The Balaban J connectivity index is 1.84. The standard InChI is InChI=1S/C17H25BrN4O2/c1-17(2,3)15(23)13(22-12-19-11-21-22)7-4-5-10-24-14-8-6-9-20-16(14)18/h6,8-9,11-13,15,23H,4-5,7,10H2,1-3H3. The van der Waals surface area contributed by atoms with Crippen LogP contribution in [0.3, 0.4) is 0 Å². The lowest BCUT2D eigenvalue weighted by molar-refractivity contribution is 0.00822. The highest BCUT2D eigenvalue weighted by molar-refractivity contribution is 9.10. The highest BCUT2D eigenvalue weighted by atomic mass is 79.9. The molecule has 0 spiro atoms. The molecule has 0 aliphatic rings. The number of nitrogens with zero attached hydrogens (tertiary/aromatic N) is 4. The normalized spacial score (nSPS) is 14.4. The second-order valence-corrected chi connectivity index (χ2v) is 7.64. The van der Waals surface area contributed by atoms with Crippen LogP contribution in [0.15, 0.2) is 35.6 Å². The maximum Gasteiger partial charge on any atom is 0.152 e. The van der Waals surface area contributed by atoms with Gasteiger partial charge in [-0.1, -0.05) is 20.8 Å². The van der Waals surface area contributed by atoms with Crippen molar-refractivity contribution in [3.8, 4) is 5.75 Å². The van der Waals surface area contributed by atoms with E-state index in [4.69, 9.17) is 4.74 Å². The van der Waals surface area contributed by atoms with Crippen molar-refractivity contribution in [3.63, 3.8) is 0 Å². The summed E-state index contributed by atoms with van der Waals surface area (Å²) in [6.07, 6.45) is 7.03. The lowest BCUT2D eigenvalue weighted by Crippen LogP contribution is -2.35. The smallest absolute Gasteiger partial charge is 0.152 e. The van der Waals surface area contributed by atoms with Crippen LogP contribution in [0.2, 0.25) is 0 Å². The van der Waals surface area contributed by atoms with E-state index in [-0.39, 0.29) is 11.5 Å². The molecule has 2 heterocycles. The van der Waals surface area contributed by atoms with Gasteiger partial charge < -0.3 is 9.84 Å². The molecule has 2 aromatic heterocycles. The monoisotopic (exact) mass is 396 g/mol. The Bertz CT molecular complexity index is 613. The number of aliphatic hydroxyl groups excluding tert-OH is 1. The molecule has 0 amide bonds. The SMILES string of the molecule is CC(C)(C)C(O)C(CCCCOc1cccnc1Br)n1cncn1. The van der Waals surface area contributed by atoms with E-state index in [0.717, 1.165) is 25.0 Å². The van der Waals surface area contributed by atoms with Gasteiger partial charge in [0.25, 0.3) is 0 Å². The Morgan fingerprint density at radius 2 is 2.12 bits per heavy atom. The summed E-state index contributed by atoms with van der Waals surface area (Å²) < 4.78 is 8.21. The fourth-order valence-corrected chi connectivity index (χ4v) is 2.88. The fourth-order valence-electron chi connectivity index (χ4n) is 2.52. The maximum absolute atomic E-state index is 10.7. The molecule has 24 heavy (non-hydrogen) atoms. The van der Waals surface area contributed by atoms with E-state index in [1.54, 1.807) is 17.2 Å². The van der Waals surface area contributed by atoms with Gasteiger partial charge in [-0.2, -0.15) is 5.10 Å². The number of aliphatic hydroxyl groups is 1. The van der Waals surface area contributed by atoms with Crippen molar-refractivity contribution >= 4 is 15.9 Å². The highest BCUT2D eigenvalue weighted by Gasteiger charge is 2.31. The first-order chi connectivity index (χ1) is 11.4. The first kappa shape index (κ1) is 18.9. The van der Waals surface area contributed by atoms with Crippen LogP contribution in [-0.2, 0) is 0 Å². The molecule has 2 atom stereocenters. The molecule has 0 saturated carbocycles. The summed E-state index contributed by atoms with van der Waals surface area (Å²) in [5.74, 6) is 0.750. The predicted molar refractivity (Wildman–Crippen MR) is 95.8 cm³/mol. The molecule has 2 aromatic rings. The molecule has 7 heteroatoms. The molecular weight excluding hydrogens is 372 g/mol. The maximum atomic E-state index is 10.7. The Kier molecular flexibility index (Phi) is 6.74. The molecular formula is C17H25BrN4O2. The van der Waals surface area contributed by atoms with Crippen LogP contribution in [-0.4, -0.2) is 37.6 Å². The van der Waals surface area contributed by atoms with E-state index in [2.05, 4.69) is 31.0 Å². The number of hydrogen-bond acceptors (Lipinski definition) is 5. The summed E-state index contributed by atoms with van der Waals surface area (Å²) in [6.45, 7) is 6.71. The van der Waals surface area contributed by atoms with E-state index < -0.39 is 6.10 Å². The van der Waals surface area contributed by atoms with Gasteiger partial charge in [-0.15, -0.1) is 0 Å². The summed E-state index contributed by atoms with van der Waals surface area (Å²) in [5.41, 5.74) is -0.215. The molecule has 2 unspecified atom stereocenters. The second-order valence-electron chi connectivity index (χ2n) is 6.89. The summed E-state index contributed by atoms with van der Waals surface area (Å²) >= 11 is 3.37. The molecule has 0 aromatic carbocycles. The number of ether oxygens (including phenoxy) is 1. The molecule has 0 radical (unpaired) electrons. The van der Waals surface area contributed by atoms with Crippen LogP contribution in [0.4, 0.5) is 0 Å². The minimum Gasteiger partial charge on any atom is -0.491 e. The predicted octanol–water partition coefficient (Wildman–Crippen LogP) is 3.63. The zero-order valence-electron chi connectivity index (χ0n) is 14.4. The molecule has 1 N–H and O–H groups in total. The third-order valence-corrected chi connectivity index (χ3v) is 4.50. The quantitative estimate of drug-likeness (QED) is 0.544. The van der Waals surface area contributed by atoms with Crippen LogP contribution in [0.1, 0.15) is 46.1 Å². The van der Waals surface area contributed by atoms with Gasteiger partial charge in [-0.05, 0) is 52.7 Å². The van der Waals surface area contributed by atoms with Crippen molar-refractivity contribution in [1.82, 2.24) is 19.7 Å². The van der Waals surface area contributed by atoms with Gasteiger partial charge in [0.2, 0.25) is 0 Å². The van der Waals surface area contributed by atoms with Crippen molar-refractivity contribution < 1.29 is 9.84 Å². The zero-order valence-corrected chi connectivity index (χ0v) is 16.0. The number of hydrogen-bond donors (Lipinski definition) is 1. The van der Waals surface area contributed by atoms with E-state index in [1.165, 1.54) is 6.33 Å². The van der Waals surface area contributed by atoms with Gasteiger partial charge in [-0.3, -0.25) is 0 Å². The van der Waals surface area contributed by atoms with E-state index >= 15 is 0 Å². The van der Waals surface area contributed by atoms with E-state index in [9.17, 15) is 5.11 Å². The fraction of sp³-hybridized carbons (Fsp3) is 0.588. The topological polar surface area (TPSA) is 73.1 Å². The third-order valence-electron chi connectivity index (χ3n) is 3.90. The van der Waals surface area contributed by atoms with Gasteiger partial charge in [0.1, 0.15) is 17.3 Å². The second kappa shape index (κ2) is 8.58. The average molecular weight is 397 g/mol. The first-order valence-electron chi connectivity index (χ1n) is 8.15. The largest absolute Gasteiger partial charge is 0.491 e. The van der Waals surface area contributed by atoms with Crippen LogP contribution in [0.5, 0.6) is 5.75 Å². The zero-order chi connectivity index (χ0) is 17.6. The van der Waals surface area contributed by atoms with Crippen LogP contribution < -0.4 is 4.74 Å². The number of unbranched alkanes of at least 4 members (excludes halogenated alkanes) is 1. The first-order valence-corrected chi connectivity index (χ1v) is 8.94. The molecule has 0 bridgehead atoms. The minimum atomic E-state index is -0.493. The Morgan fingerprint density at radius 3 is 2.75 bits per heavy atom. The lowest BCUT2D eigenvalue weighted by Gasteiger charge is -2.33. The third kappa shape index (κ3) is 5.27. The Morgan fingerprint density at radius 1 is 1.33 bits per heavy atom. The molecule has 6 nitrogen and oxygen atoms in total. The van der Waals surface area contributed by atoms with Gasteiger partial charge in [0, 0.05) is 6.20 Å². The number of aromatic nitrogens is 4. The molecule has 2 rings (SSSR count). The number of rotatable bonds is 8. The van der Waals surface area contributed by atoms with Crippen molar-refractivity contribution in [2.45, 2.75) is 52.2 Å². The van der Waals surface area contributed by atoms with Gasteiger partial charge in [0.05, 0.1) is 18.8 Å². The number of halogens is 1. The average Bonchev–Trinajstić information content (AvgIpc) is 3.05. The molecule has 0 fully saturated rings. The Labute approximate surface area is 151 Å². The van der Waals surface area contributed by atoms with Gasteiger partial charge in [-0.25, -0.2) is 14.6 Å². The van der Waals surface area contributed by atoms with Crippen LogP contribution in [0, 0.1) is 5.41 Å². The summed E-state index contributed by atoms with van der Waals surface area (Å²) in [4.78, 5) is 8.14. The van der Waals surface area contributed by atoms with Crippen molar-refractivity contribution in [3.05, 3.63) is 35.6 Å². The van der Waals surface area contributed by atoms with Crippen molar-refractivity contribution in [2.24, 2.45) is 5.41 Å². The molecule has 0 aliphatic heterocycles. The van der Waals surface area contributed by atoms with Gasteiger partial charge in [0.15, 0.2) is 5.75 Å². The summed E-state index contributed by atoms with van der Waals surface area (Å²) in [7, 11) is 0.